The standard InChI is InChI=1S/C28H18N3O2.Pt/c32-25-13-4-2-10-21(25)19-8-7-9-20(18-19)33-27-16-15-23-22-11-1-3-12-24(22)31(28(23)30-27)26-14-5-6-17-29-26;/h1-17,32H;/q-1;. The Labute approximate surface area is 210 Å². The van der Waals surface area contributed by atoms with Gasteiger partial charge >= 0.3 is 0 Å². The van der Waals surface area contributed by atoms with Crippen LogP contribution in [0.15, 0.2) is 103 Å². The first-order valence-corrected chi connectivity index (χ1v) is 10.6. The molecule has 34 heavy (non-hydrogen) atoms. The molecule has 168 valence electrons. The van der Waals surface area contributed by atoms with Crippen LogP contribution in [0.2, 0.25) is 0 Å². The Kier molecular flexibility index (Phi) is 5.87. The number of phenols is 1. The Hall–Kier alpha value is -3.95. The largest absolute Gasteiger partial charge is 0.517 e. The fraction of sp³-hybridized carbons (Fsp3) is 0. The van der Waals surface area contributed by atoms with Crippen LogP contribution in [-0.2, 0) is 21.1 Å². The van der Waals surface area contributed by atoms with Gasteiger partial charge in [-0.1, -0.05) is 54.1 Å². The smallest absolute Gasteiger partial charge is 0.219 e. The molecule has 0 aliphatic rings. The van der Waals surface area contributed by atoms with E-state index in [9.17, 15) is 5.11 Å². The summed E-state index contributed by atoms with van der Waals surface area (Å²) in [4.78, 5) is 9.38. The molecule has 0 saturated carbocycles. The molecule has 3 aromatic heterocycles. The summed E-state index contributed by atoms with van der Waals surface area (Å²) in [6.45, 7) is 0. The van der Waals surface area contributed by atoms with Crippen LogP contribution < -0.4 is 4.74 Å². The molecular weight excluding hydrogens is 605 g/mol. The molecule has 0 unspecified atom stereocenters. The summed E-state index contributed by atoms with van der Waals surface area (Å²) in [5.41, 5.74) is 3.24. The van der Waals surface area contributed by atoms with E-state index in [1.165, 1.54) is 0 Å². The van der Waals surface area contributed by atoms with E-state index in [0.29, 0.717) is 17.2 Å². The molecule has 0 fully saturated rings. The van der Waals surface area contributed by atoms with Crippen LogP contribution in [0.1, 0.15) is 0 Å². The van der Waals surface area contributed by atoms with Gasteiger partial charge in [-0.3, -0.25) is 4.57 Å². The Morgan fingerprint density at radius 1 is 0.765 bits per heavy atom. The van der Waals surface area contributed by atoms with Crippen LogP contribution in [0.5, 0.6) is 17.4 Å². The van der Waals surface area contributed by atoms with Crippen molar-refractivity contribution in [2.45, 2.75) is 0 Å². The zero-order chi connectivity index (χ0) is 22.2. The maximum absolute atomic E-state index is 10.2. The van der Waals surface area contributed by atoms with Gasteiger partial charge in [0, 0.05) is 49.9 Å². The Morgan fingerprint density at radius 2 is 1.59 bits per heavy atom. The summed E-state index contributed by atoms with van der Waals surface area (Å²) >= 11 is 0. The van der Waals surface area contributed by atoms with Crippen molar-refractivity contribution < 1.29 is 30.9 Å². The minimum Gasteiger partial charge on any atom is -0.517 e. The van der Waals surface area contributed by atoms with E-state index in [2.05, 4.69) is 23.2 Å². The summed E-state index contributed by atoms with van der Waals surface area (Å²) in [5, 5.41) is 12.3. The van der Waals surface area contributed by atoms with Gasteiger partial charge in [0.05, 0.1) is 11.3 Å². The van der Waals surface area contributed by atoms with E-state index in [-0.39, 0.29) is 26.8 Å². The van der Waals surface area contributed by atoms with Gasteiger partial charge in [0.15, 0.2) is 5.65 Å². The third kappa shape index (κ3) is 3.85. The number of nitrogens with zero attached hydrogens (tertiary/aromatic N) is 3. The summed E-state index contributed by atoms with van der Waals surface area (Å²) < 4.78 is 8.13. The maximum atomic E-state index is 10.2. The number of hydrogen-bond acceptors (Lipinski definition) is 4. The second-order valence-corrected chi connectivity index (χ2v) is 7.61. The van der Waals surface area contributed by atoms with Crippen LogP contribution in [0.4, 0.5) is 0 Å². The molecule has 1 N–H and O–H groups in total. The molecule has 6 aromatic rings. The number of hydrogen-bond donors (Lipinski definition) is 1. The first-order valence-electron chi connectivity index (χ1n) is 10.6. The van der Waals surface area contributed by atoms with Crippen LogP contribution in [0, 0.1) is 6.07 Å². The molecule has 0 amide bonds. The second kappa shape index (κ2) is 9.12. The molecule has 5 nitrogen and oxygen atoms in total. The molecule has 6 rings (SSSR count). The van der Waals surface area contributed by atoms with Gasteiger partial charge < -0.3 is 9.84 Å². The summed E-state index contributed by atoms with van der Waals surface area (Å²) in [7, 11) is 0. The van der Waals surface area contributed by atoms with Crippen molar-refractivity contribution in [3.8, 4) is 34.3 Å². The Bertz CT molecular complexity index is 1610. The van der Waals surface area contributed by atoms with Crippen LogP contribution in [0.25, 0.3) is 38.9 Å². The topological polar surface area (TPSA) is 60.2 Å². The average molecular weight is 624 g/mol. The van der Waals surface area contributed by atoms with Crippen LogP contribution >= 0.6 is 0 Å². The number of rotatable bonds is 4. The zero-order valence-electron chi connectivity index (χ0n) is 17.8. The molecule has 3 heterocycles. The zero-order valence-corrected chi connectivity index (χ0v) is 20.1. The number of phenolic OH excluding ortho intramolecular Hbond substituents is 1. The molecule has 0 spiro atoms. The third-order valence-corrected chi connectivity index (χ3v) is 5.55. The fourth-order valence-corrected chi connectivity index (χ4v) is 4.08. The molecule has 0 atom stereocenters. The van der Waals surface area contributed by atoms with Crippen molar-refractivity contribution in [2.75, 3.05) is 0 Å². The van der Waals surface area contributed by atoms with Crippen molar-refractivity contribution in [1.29, 1.82) is 0 Å². The molecule has 0 radical (unpaired) electrons. The fourth-order valence-electron chi connectivity index (χ4n) is 4.08. The predicted octanol–water partition coefficient (Wildman–Crippen LogP) is 6.54. The van der Waals surface area contributed by atoms with E-state index in [0.717, 1.165) is 33.3 Å². The quantitative estimate of drug-likeness (QED) is 0.227. The maximum Gasteiger partial charge on any atom is 0.219 e. The van der Waals surface area contributed by atoms with Gasteiger partial charge in [0.2, 0.25) is 5.88 Å². The first-order chi connectivity index (χ1) is 16.3. The van der Waals surface area contributed by atoms with E-state index < -0.39 is 0 Å². The second-order valence-electron chi connectivity index (χ2n) is 7.61. The molecule has 0 bridgehead atoms. The van der Waals surface area contributed by atoms with E-state index in [1.54, 1.807) is 18.3 Å². The number of para-hydroxylation sites is 2. The van der Waals surface area contributed by atoms with E-state index >= 15 is 0 Å². The molecule has 3 aromatic carbocycles. The molecule has 6 heteroatoms. The monoisotopic (exact) mass is 623 g/mol. The van der Waals surface area contributed by atoms with E-state index in [4.69, 9.17) is 9.72 Å². The van der Waals surface area contributed by atoms with Gasteiger partial charge in [-0.05, 0) is 30.3 Å². The van der Waals surface area contributed by atoms with Crippen molar-refractivity contribution in [3.63, 3.8) is 0 Å². The first kappa shape index (κ1) is 21.9. The van der Waals surface area contributed by atoms with Crippen molar-refractivity contribution >= 4 is 21.9 Å². The summed E-state index contributed by atoms with van der Waals surface area (Å²) in [6.07, 6.45) is 1.77. The average Bonchev–Trinajstić information content (AvgIpc) is 3.19. The molecule has 0 aliphatic carbocycles. The van der Waals surface area contributed by atoms with Gasteiger partial charge in [-0.25, -0.2) is 4.98 Å². The van der Waals surface area contributed by atoms with E-state index in [1.807, 2.05) is 77.4 Å². The third-order valence-electron chi connectivity index (χ3n) is 5.55. The Morgan fingerprint density at radius 3 is 2.44 bits per heavy atom. The van der Waals surface area contributed by atoms with Crippen LogP contribution in [-0.4, -0.2) is 19.6 Å². The number of ether oxygens (including phenoxy) is 1. The number of fused-ring (bicyclic) bond motifs is 3. The van der Waals surface area contributed by atoms with Crippen molar-refractivity contribution in [1.82, 2.24) is 14.5 Å². The molecular formula is C28H18N3O2Pt-. The van der Waals surface area contributed by atoms with Crippen molar-refractivity contribution in [2.24, 2.45) is 0 Å². The normalized spacial score (nSPS) is 10.8. The number of aromatic nitrogens is 3. The van der Waals surface area contributed by atoms with Gasteiger partial charge in [-0.15, -0.1) is 23.8 Å². The Balaban J connectivity index is 0.00000241. The predicted molar refractivity (Wildman–Crippen MR) is 129 cm³/mol. The SMILES string of the molecule is Oc1ccccc1-c1[c-]c(Oc2ccc3c4ccccc4n(-c4ccccn4)c3n2)ccc1.[Pt]. The van der Waals surface area contributed by atoms with Crippen LogP contribution in [0.3, 0.4) is 0 Å². The van der Waals surface area contributed by atoms with Gasteiger partial charge in [0.25, 0.3) is 0 Å². The number of benzene rings is 3. The van der Waals surface area contributed by atoms with Gasteiger partial charge in [-0.2, -0.15) is 4.98 Å². The number of aromatic hydroxyl groups is 1. The minimum atomic E-state index is 0. The summed E-state index contributed by atoms with van der Waals surface area (Å²) in [6, 6.07) is 33.9. The number of pyridine rings is 2. The van der Waals surface area contributed by atoms with Crippen molar-refractivity contribution in [3.05, 3.63) is 109 Å². The summed E-state index contributed by atoms with van der Waals surface area (Å²) in [5.74, 6) is 1.96. The minimum absolute atomic E-state index is 0. The molecule has 0 saturated heterocycles. The van der Waals surface area contributed by atoms with Gasteiger partial charge in [0.1, 0.15) is 5.82 Å². The molecule has 0 aliphatic heterocycles.